The molecule has 0 aliphatic carbocycles. The maximum atomic E-state index is 12.8. The van der Waals surface area contributed by atoms with Crippen LogP contribution in [-0.4, -0.2) is 41.9 Å². The first-order valence-electron chi connectivity index (χ1n) is 8.55. The summed E-state index contributed by atoms with van der Waals surface area (Å²) in [7, 11) is 0. The minimum Gasteiger partial charge on any atom is -0.461 e. The highest BCUT2D eigenvalue weighted by molar-refractivity contribution is 7.12. The Bertz CT molecular complexity index is 853. The highest BCUT2D eigenvalue weighted by Gasteiger charge is 2.26. The van der Waals surface area contributed by atoms with Gasteiger partial charge in [0.1, 0.15) is 6.10 Å². The van der Waals surface area contributed by atoms with Crippen molar-refractivity contribution in [2.75, 3.05) is 18.4 Å². The van der Waals surface area contributed by atoms with Gasteiger partial charge >= 0.3 is 5.97 Å². The van der Waals surface area contributed by atoms with Gasteiger partial charge in [0.25, 0.3) is 11.8 Å². The Labute approximate surface area is 166 Å². The van der Waals surface area contributed by atoms with Crippen LogP contribution in [0.4, 0.5) is 5.69 Å². The third-order valence-corrected chi connectivity index (χ3v) is 5.40. The third-order valence-electron chi connectivity index (χ3n) is 4.20. The van der Waals surface area contributed by atoms with Gasteiger partial charge in [0, 0.05) is 19.0 Å². The van der Waals surface area contributed by atoms with Crippen LogP contribution in [0.1, 0.15) is 39.8 Å². The van der Waals surface area contributed by atoms with Crippen molar-refractivity contribution in [2.24, 2.45) is 0 Å². The predicted octanol–water partition coefficient (Wildman–Crippen LogP) is 3.82. The molecule has 1 saturated heterocycles. The smallest absolute Gasteiger partial charge is 0.302 e. The lowest BCUT2D eigenvalue weighted by Gasteiger charge is -2.32. The van der Waals surface area contributed by atoms with Gasteiger partial charge in [-0.15, -0.1) is 11.3 Å². The molecule has 1 atom stereocenters. The molecule has 0 bridgehead atoms. The van der Waals surface area contributed by atoms with Crippen molar-refractivity contribution in [1.29, 1.82) is 0 Å². The number of hydrogen-bond acceptors (Lipinski definition) is 5. The number of halogens is 1. The van der Waals surface area contributed by atoms with E-state index in [1.807, 2.05) is 5.38 Å². The number of ether oxygens (including phenoxy) is 1. The molecule has 3 rings (SSSR count). The number of carbonyl (C=O) groups is 3. The number of esters is 1. The van der Waals surface area contributed by atoms with Gasteiger partial charge in [0.2, 0.25) is 0 Å². The van der Waals surface area contributed by atoms with Crippen molar-refractivity contribution in [1.82, 2.24) is 4.90 Å². The molecule has 0 spiro atoms. The summed E-state index contributed by atoms with van der Waals surface area (Å²) >= 11 is 7.50. The van der Waals surface area contributed by atoms with Gasteiger partial charge in [0.05, 0.1) is 22.1 Å². The maximum absolute atomic E-state index is 12.8. The molecule has 1 aromatic heterocycles. The molecule has 1 aliphatic heterocycles. The minimum atomic E-state index is -0.348. The van der Waals surface area contributed by atoms with Crippen LogP contribution in [0.3, 0.4) is 0 Å². The van der Waals surface area contributed by atoms with Crippen LogP contribution >= 0.6 is 22.9 Å². The van der Waals surface area contributed by atoms with Gasteiger partial charge in [-0.25, -0.2) is 0 Å². The van der Waals surface area contributed by atoms with E-state index in [9.17, 15) is 14.4 Å². The number of piperidine rings is 1. The largest absolute Gasteiger partial charge is 0.461 e. The van der Waals surface area contributed by atoms with Gasteiger partial charge in [-0.1, -0.05) is 17.7 Å². The van der Waals surface area contributed by atoms with Crippen molar-refractivity contribution in [3.63, 3.8) is 0 Å². The van der Waals surface area contributed by atoms with E-state index in [1.165, 1.54) is 18.3 Å². The van der Waals surface area contributed by atoms with Gasteiger partial charge in [0.15, 0.2) is 0 Å². The zero-order valence-corrected chi connectivity index (χ0v) is 16.3. The van der Waals surface area contributed by atoms with Gasteiger partial charge in [-0.2, -0.15) is 0 Å². The fourth-order valence-electron chi connectivity index (χ4n) is 2.98. The van der Waals surface area contributed by atoms with Crippen molar-refractivity contribution in [2.45, 2.75) is 25.9 Å². The molecule has 2 amide bonds. The van der Waals surface area contributed by atoms with Crippen molar-refractivity contribution < 1.29 is 19.1 Å². The number of thiophene rings is 1. The Morgan fingerprint density at radius 1 is 1.30 bits per heavy atom. The van der Waals surface area contributed by atoms with E-state index in [4.69, 9.17) is 16.3 Å². The fraction of sp³-hybridized carbons (Fsp3) is 0.316. The molecule has 2 heterocycles. The van der Waals surface area contributed by atoms with Crippen LogP contribution in [0, 0.1) is 0 Å². The predicted molar refractivity (Wildman–Crippen MR) is 104 cm³/mol. The molecule has 1 aliphatic rings. The molecule has 2 aromatic rings. The SMILES string of the molecule is CC(=O)O[C@@H]1CCCN(C(=O)c2ccc(Cl)c(NC(=O)c3cccs3)c2)C1. The van der Waals surface area contributed by atoms with Gasteiger partial charge in [-0.3, -0.25) is 14.4 Å². The lowest BCUT2D eigenvalue weighted by Crippen LogP contribution is -2.43. The summed E-state index contributed by atoms with van der Waals surface area (Å²) in [5, 5.41) is 4.91. The monoisotopic (exact) mass is 406 g/mol. The third kappa shape index (κ3) is 4.87. The zero-order valence-electron chi connectivity index (χ0n) is 14.7. The number of nitrogens with zero attached hydrogens (tertiary/aromatic N) is 1. The number of rotatable bonds is 4. The number of nitrogens with one attached hydrogen (secondary N) is 1. The molecule has 0 unspecified atom stereocenters. The number of likely N-dealkylation sites (tertiary alicyclic amines) is 1. The molecule has 8 heteroatoms. The van der Waals surface area contributed by atoms with Crippen molar-refractivity contribution in [3.05, 3.63) is 51.2 Å². The zero-order chi connectivity index (χ0) is 19.4. The average Bonchev–Trinajstić information content (AvgIpc) is 3.17. The minimum absolute atomic E-state index is 0.185. The molecule has 0 saturated carbocycles. The fourth-order valence-corrected chi connectivity index (χ4v) is 3.77. The summed E-state index contributed by atoms with van der Waals surface area (Å²) in [6.45, 7) is 2.32. The molecule has 0 radical (unpaired) electrons. The lowest BCUT2D eigenvalue weighted by molar-refractivity contribution is -0.148. The topological polar surface area (TPSA) is 75.7 Å². The Hall–Kier alpha value is -2.38. The molecular formula is C19H19ClN2O4S. The van der Waals surface area contributed by atoms with Gasteiger partial charge in [-0.05, 0) is 42.5 Å². The summed E-state index contributed by atoms with van der Waals surface area (Å²) in [5.74, 6) is -0.807. The first-order chi connectivity index (χ1) is 12.9. The Balaban J connectivity index is 1.73. The molecule has 1 aromatic carbocycles. The van der Waals surface area contributed by atoms with Crippen LogP contribution in [0.2, 0.25) is 5.02 Å². The Kier molecular flexibility index (Phi) is 6.13. The summed E-state index contributed by atoms with van der Waals surface area (Å²) in [5.41, 5.74) is 0.804. The summed E-state index contributed by atoms with van der Waals surface area (Å²) in [4.78, 5) is 38.5. The van der Waals surface area contributed by atoms with E-state index in [-0.39, 0.29) is 23.9 Å². The van der Waals surface area contributed by atoms with E-state index < -0.39 is 0 Å². The number of anilines is 1. The number of benzene rings is 1. The summed E-state index contributed by atoms with van der Waals surface area (Å²) in [6, 6.07) is 8.29. The van der Waals surface area contributed by atoms with Crippen molar-refractivity contribution >= 4 is 46.4 Å². The first kappa shape index (κ1) is 19.4. The number of carbonyl (C=O) groups excluding carboxylic acids is 3. The molecular weight excluding hydrogens is 388 g/mol. The van der Waals surface area contributed by atoms with Crippen LogP contribution in [0.5, 0.6) is 0 Å². The Morgan fingerprint density at radius 2 is 2.11 bits per heavy atom. The van der Waals surface area contributed by atoms with Crippen LogP contribution in [-0.2, 0) is 9.53 Å². The van der Waals surface area contributed by atoms with E-state index in [0.717, 1.165) is 12.8 Å². The van der Waals surface area contributed by atoms with Crippen LogP contribution < -0.4 is 5.32 Å². The second kappa shape index (κ2) is 8.54. The van der Waals surface area contributed by atoms with E-state index in [1.54, 1.807) is 35.2 Å². The molecule has 27 heavy (non-hydrogen) atoms. The van der Waals surface area contributed by atoms with E-state index in [2.05, 4.69) is 5.32 Å². The van der Waals surface area contributed by atoms with Gasteiger partial charge < -0.3 is 15.0 Å². The quantitative estimate of drug-likeness (QED) is 0.783. The summed E-state index contributed by atoms with van der Waals surface area (Å²) in [6.07, 6.45) is 1.22. The summed E-state index contributed by atoms with van der Waals surface area (Å²) < 4.78 is 5.23. The van der Waals surface area contributed by atoms with Crippen molar-refractivity contribution in [3.8, 4) is 0 Å². The molecule has 142 valence electrons. The highest BCUT2D eigenvalue weighted by Crippen LogP contribution is 2.26. The average molecular weight is 407 g/mol. The second-order valence-electron chi connectivity index (χ2n) is 6.25. The van der Waals surface area contributed by atoms with E-state index >= 15 is 0 Å². The van der Waals surface area contributed by atoms with E-state index in [0.29, 0.717) is 34.2 Å². The normalized spacial score (nSPS) is 16.7. The van der Waals surface area contributed by atoms with Crippen LogP contribution in [0.25, 0.3) is 0 Å². The first-order valence-corrected chi connectivity index (χ1v) is 9.80. The molecule has 1 fully saturated rings. The number of amides is 2. The highest BCUT2D eigenvalue weighted by atomic mass is 35.5. The van der Waals surface area contributed by atoms with Crippen LogP contribution in [0.15, 0.2) is 35.7 Å². The lowest BCUT2D eigenvalue weighted by atomic mass is 10.1. The maximum Gasteiger partial charge on any atom is 0.302 e. The molecule has 1 N–H and O–H groups in total. The standard InChI is InChI=1S/C19H19ClN2O4S/c1-12(23)26-14-4-2-8-22(11-14)19(25)13-6-7-15(20)16(10-13)21-18(24)17-5-3-9-27-17/h3,5-7,9-10,14H,2,4,8,11H2,1H3,(H,21,24)/t14-/m1/s1. The Morgan fingerprint density at radius 3 is 2.81 bits per heavy atom. The second-order valence-corrected chi connectivity index (χ2v) is 7.61. The number of hydrogen-bond donors (Lipinski definition) is 1. The molecule has 6 nitrogen and oxygen atoms in total.